The van der Waals surface area contributed by atoms with E-state index in [1.807, 2.05) is 12.1 Å². The molecule has 0 spiro atoms. The molecular formula is C13H19N3O2S2. The third-order valence-corrected chi connectivity index (χ3v) is 6.14. The number of nitrogens with zero attached hydrogens (tertiary/aromatic N) is 3. The molecule has 0 aliphatic carbocycles. The maximum absolute atomic E-state index is 12.2. The second-order valence-electron chi connectivity index (χ2n) is 4.74. The normalized spacial score (nSPS) is 15.8. The van der Waals surface area contributed by atoms with E-state index in [9.17, 15) is 8.42 Å². The Bertz CT molecular complexity index is 612. The first-order valence-corrected chi connectivity index (χ1v) is 8.73. The van der Waals surface area contributed by atoms with Gasteiger partial charge in [0.15, 0.2) is 5.17 Å². The van der Waals surface area contributed by atoms with Gasteiger partial charge in [0, 0.05) is 19.8 Å². The zero-order valence-corrected chi connectivity index (χ0v) is 13.5. The minimum Gasteiger partial charge on any atom is -0.260 e. The van der Waals surface area contributed by atoms with Gasteiger partial charge in [-0.15, -0.1) is 0 Å². The van der Waals surface area contributed by atoms with E-state index in [2.05, 4.69) is 24.0 Å². The fraction of sp³-hybridized carbons (Fsp3) is 0.462. The fourth-order valence-corrected chi connectivity index (χ4v) is 4.28. The monoisotopic (exact) mass is 313 g/mol. The Morgan fingerprint density at radius 2 is 2.05 bits per heavy atom. The highest BCUT2D eigenvalue weighted by atomic mass is 32.2. The summed E-state index contributed by atoms with van der Waals surface area (Å²) in [5.41, 5.74) is 2.41. The van der Waals surface area contributed by atoms with Crippen LogP contribution in [0.3, 0.4) is 0 Å². The lowest BCUT2D eigenvalue weighted by atomic mass is 10.1. The van der Waals surface area contributed by atoms with Crippen molar-refractivity contribution in [2.24, 2.45) is 4.99 Å². The number of hydrogen-bond donors (Lipinski definition) is 0. The first-order valence-electron chi connectivity index (χ1n) is 6.35. The SMILES string of the molecule is Cc1ccccc1CSC1=NCCN1S(=O)(=O)N(C)C. The van der Waals surface area contributed by atoms with Gasteiger partial charge in [0.2, 0.25) is 0 Å². The lowest BCUT2D eigenvalue weighted by Crippen LogP contribution is -2.41. The van der Waals surface area contributed by atoms with E-state index in [1.54, 1.807) is 0 Å². The van der Waals surface area contributed by atoms with Gasteiger partial charge in [-0.05, 0) is 18.1 Å². The zero-order chi connectivity index (χ0) is 14.8. The largest absolute Gasteiger partial charge is 0.305 e. The Morgan fingerprint density at radius 3 is 2.70 bits per heavy atom. The van der Waals surface area contributed by atoms with E-state index >= 15 is 0 Å². The smallest absolute Gasteiger partial charge is 0.260 e. The topological polar surface area (TPSA) is 53.0 Å². The summed E-state index contributed by atoms with van der Waals surface area (Å²) < 4.78 is 27.0. The van der Waals surface area contributed by atoms with Crippen LogP contribution in [0.5, 0.6) is 0 Å². The molecule has 1 aliphatic rings. The average Bonchev–Trinajstić information content (AvgIpc) is 2.86. The number of aliphatic imine (C=N–C) groups is 1. The van der Waals surface area contributed by atoms with Crippen LogP contribution >= 0.6 is 11.8 Å². The van der Waals surface area contributed by atoms with Crippen molar-refractivity contribution in [3.63, 3.8) is 0 Å². The molecule has 0 saturated heterocycles. The van der Waals surface area contributed by atoms with Crippen molar-refractivity contribution in [3.8, 4) is 0 Å². The minimum absolute atomic E-state index is 0.427. The number of aryl methyl sites for hydroxylation is 1. The van der Waals surface area contributed by atoms with Crippen LogP contribution in [0.15, 0.2) is 29.3 Å². The van der Waals surface area contributed by atoms with Gasteiger partial charge < -0.3 is 0 Å². The molecule has 1 aliphatic heterocycles. The lowest BCUT2D eigenvalue weighted by molar-refractivity contribution is 0.468. The molecule has 20 heavy (non-hydrogen) atoms. The van der Waals surface area contributed by atoms with Crippen LogP contribution in [-0.2, 0) is 16.0 Å². The molecule has 0 atom stereocenters. The van der Waals surface area contributed by atoms with Crippen LogP contribution in [0.25, 0.3) is 0 Å². The highest BCUT2D eigenvalue weighted by molar-refractivity contribution is 8.14. The predicted molar refractivity (Wildman–Crippen MR) is 84.1 cm³/mol. The summed E-state index contributed by atoms with van der Waals surface area (Å²) >= 11 is 1.47. The maximum atomic E-state index is 12.2. The standard InChI is InChI=1S/C13H19N3O2S2/c1-11-6-4-5-7-12(11)10-19-13-14-8-9-16(13)20(17,18)15(2)3/h4-7H,8-10H2,1-3H3. The molecule has 0 aromatic heterocycles. The molecule has 2 rings (SSSR count). The molecule has 0 amide bonds. The van der Waals surface area contributed by atoms with Gasteiger partial charge in [-0.2, -0.15) is 12.7 Å². The molecular weight excluding hydrogens is 294 g/mol. The molecule has 1 aromatic rings. The summed E-state index contributed by atoms with van der Waals surface area (Å²) in [5.74, 6) is 0.727. The predicted octanol–water partition coefficient (Wildman–Crippen LogP) is 1.71. The number of thioether (sulfide) groups is 1. The molecule has 1 heterocycles. The summed E-state index contributed by atoms with van der Waals surface area (Å²) in [6.45, 7) is 3.01. The molecule has 0 N–H and O–H groups in total. The Kier molecular flexibility index (Phi) is 4.72. The summed E-state index contributed by atoms with van der Waals surface area (Å²) in [7, 11) is -0.347. The van der Waals surface area contributed by atoms with Gasteiger partial charge in [0.1, 0.15) is 0 Å². The van der Waals surface area contributed by atoms with E-state index in [0.717, 1.165) is 5.75 Å². The summed E-state index contributed by atoms with van der Waals surface area (Å²) in [6.07, 6.45) is 0. The minimum atomic E-state index is -3.43. The third kappa shape index (κ3) is 3.16. The molecule has 110 valence electrons. The van der Waals surface area contributed by atoms with E-state index in [4.69, 9.17) is 0 Å². The van der Waals surface area contributed by atoms with E-state index < -0.39 is 10.2 Å². The summed E-state index contributed by atoms with van der Waals surface area (Å²) in [6, 6.07) is 8.11. The van der Waals surface area contributed by atoms with Crippen molar-refractivity contribution >= 4 is 27.1 Å². The van der Waals surface area contributed by atoms with Gasteiger partial charge in [0.05, 0.1) is 13.1 Å². The summed E-state index contributed by atoms with van der Waals surface area (Å²) in [5, 5.41) is 0.585. The van der Waals surface area contributed by atoms with Crippen molar-refractivity contribution < 1.29 is 8.42 Å². The van der Waals surface area contributed by atoms with Crippen LogP contribution in [0.2, 0.25) is 0 Å². The molecule has 0 fully saturated rings. The van der Waals surface area contributed by atoms with Gasteiger partial charge in [-0.3, -0.25) is 4.99 Å². The fourth-order valence-electron chi connectivity index (χ4n) is 1.85. The number of benzene rings is 1. The van der Waals surface area contributed by atoms with Crippen LogP contribution in [0.4, 0.5) is 0 Å². The maximum Gasteiger partial charge on any atom is 0.305 e. The molecule has 0 saturated carbocycles. The quantitative estimate of drug-likeness (QED) is 0.850. The van der Waals surface area contributed by atoms with E-state index in [0.29, 0.717) is 18.3 Å². The Morgan fingerprint density at radius 1 is 1.35 bits per heavy atom. The van der Waals surface area contributed by atoms with Crippen molar-refractivity contribution in [1.82, 2.24) is 8.61 Å². The highest BCUT2D eigenvalue weighted by Gasteiger charge is 2.30. The van der Waals surface area contributed by atoms with Gasteiger partial charge >= 0.3 is 10.2 Å². The molecule has 5 nitrogen and oxygen atoms in total. The van der Waals surface area contributed by atoms with Crippen LogP contribution in [0, 0.1) is 6.92 Å². The second-order valence-corrected chi connectivity index (χ2v) is 7.75. The number of rotatable bonds is 4. The molecule has 0 unspecified atom stereocenters. The number of amidine groups is 1. The van der Waals surface area contributed by atoms with Crippen molar-refractivity contribution in [3.05, 3.63) is 35.4 Å². The lowest BCUT2D eigenvalue weighted by Gasteiger charge is -2.23. The van der Waals surface area contributed by atoms with Crippen LogP contribution in [-0.4, -0.2) is 49.4 Å². The second kappa shape index (κ2) is 6.15. The molecule has 1 aromatic carbocycles. The highest BCUT2D eigenvalue weighted by Crippen LogP contribution is 2.23. The Balaban J connectivity index is 2.08. The first-order chi connectivity index (χ1) is 9.43. The van der Waals surface area contributed by atoms with Crippen LogP contribution < -0.4 is 0 Å². The molecule has 0 bridgehead atoms. The molecule has 0 radical (unpaired) electrons. The van der Waals surface area contributed by atoms with Crippen molar-refractivity contribution in [2.75, 3.05) is 27.2 Å². The first kappa shape index (κ1) is 15.3. The Labute approximate surface area is 124 Å². The average molecular weight is 313 g/mol. The number of hydrogen-bond acceptors (Lipinski definition) is 4. The zero-order valence-electron chi connectivity index (χ0n) is 11.9. The van der Waals surface area contributed by atoms with Gasteiger partial charge in [-0.25, -0.2) is 4.31 Å². The molecule has 7 heteroatoms. The van der Waals surface area contributed by atoms with Crippen LogP contribution in [0.1, 0.15) is 11.1 Å². The van der Waals surface area contributed by atoms with E-state index in [1.165, 1.54) is 45.6 Å². The summed E-state index contributed by atoms with van der Waals surface area (Å²) in [4.78, 5) is 4.31. The third-order valence-electron chi connectivity index (χ3n) is 3.12. The van der Waals surface area contributed by atoms with E-state index in [-0.39, 0.29) is 0 Å². The van der Waals surface area contributed by atoms with Crippen molar-refractivity contribution in [1.29, 1.82) is 0 Å². The van der Waals surface area contributed by atoms with Gasteiger partial charge in [0.25, 0.3) is 0 Å². The van der Waals surface area contributed by atoms with Gasteiger partial charge in [-0.1, -0.05) is 36.0 Å². The van der Waals surface area contributed by atoms with Crippen molar-refractivity contribution in [2.45, 2.75) is 12.7 Å². The Hall–Kier alpha value is -1.05.